The molecular weight excluding hydrogens is 190 g/mol. The summed E-state index contributed by atoms with van der Waals surface area (Å²) in [5.41, 5.74) is 0. The number of nitro groups is 1. The quantitative estimate of drug-likeness (QED) is 0.362. The van der Waals surface area contributed by atoms with Gasteiger partial charge in [-0.2, -0.15) is 11.8 Å². The lowest BCUT2D eigenvalue weighted by Crippen LogP contribution is -2.25. The molecular formula is C7H15N3O2S. The lowest BCUT2D eigenvalue weighted by molar-refractivity contribution is -0.404. The molecule has 5 nitrogen and oxygen atoms in total. The highest BCUT2D eigenvalue weighted by Gasteiger charge is 1.97. The second kappa shape index (κ2) is 7.72. The Kier molecular flexibility index (Phi) is 7.18. The maximum Gasteiger partial charge on any atom is 0.274 e. The minimum atomic E-state index is -0.479. The van der Waals surface area contributed by atoms with Gasteiger partial charge in [-0.1, -0.05) is 0 Å². The fraction of sp³-hybridized carbons (Fsp3) is 0.714. The Balaban J connectivity index is 3.66. The molecule has 0 rings (SSSR count). The molecule has 0 atom stereocenters. The molecule has 0 unspecified atom stereocenters. The lowest BCUT2D eigenvalue weighted by atomic mass is 10.5. The van der Waals surface area contributed by atoms with Crippen molar-refractivity contribution >= 4 is 11.8 Å². The summed E-state index contributed by atoms with van der Waals surface area (Å²) in [6.07, 6.45) is 3.96. The molecule has 0 radical (unpaired) electrons. The number of nitrogens with zero attached hydrogens (tertiary/aromatic N) is 1. The van der Waals surface area contributed by atoms with Crippen molar-refractivity contribution in [3.05, 3.63) is 22.1 Å². The van der Waals surface area contributed by atoms with E-state index in [1.807, 2.05) is 6.26 Å². The summed E-state index contributed by atoms with van der Waals surface area (Å²) < 4.78 is 0. The topological polar surface area (TPSA) is 67.2 Å². The summed E-state index contributed by atoms with van der Waals surface area (Å²) in [7, 11) is 1.65. The molecule has 0 bridgehead atoms. The van der Waals surface area contributed by atoms with E-state index in [4.69, 9.17) is 0 Å². The van der Waals surface area contributed by atoms with E-state index in [1.54, 1.807) is 18.8 Å². The molecule has 2 N–H and O–H groups in total. The number of hydrogen-bond donors (Lipinski definition) is 2. The van der Waals surface area contributed by atoms with E-state index in [9.17, 15) is 10.1 Å². The molecule has 13 heavy (non-hydrogen) atoms. The average Bonchev–Trinajstić information content (AvgIpc) is 2.09. The van der Waals surface area contributed by atoms with Crippen LogP contribution in [0.1, 0.15) is 6.42 Å². The van der Waals surface area contributed by atoms with Crippen molar-refractivity contribution in [1.29, 1.82) is 0 Å². The van der Waals surface area contributed by atoms with Gasteiger partial charge in [0.25, 0.3) is 6.20 Å². The summed E-state index contributed by atoms with van der Waals surface area (Å²) in [6.45, 7) is 0.751. The molecule has 0 saturated heterocycles. The predicted molar refractivity (Wildman–Crippen MR) is 55.1 cm³/mol. The molecule has 0 saturated carbocycles. The van der Waals surface area contributed by atoms with E-state index in [0.717, 1.165) is 24.9 Å². The van der Waals surface area contributed by atoms with Crippen molar-refractivity contribution in [1.82, 2.24) is 10.6 Å². The minimum Gasteiger partial charge on any atom is -0.370 e. The van der Waals surface area contributed by atoms with Gasteiger partial charge in [-0.15, -0.1) is 0 Å². The Morgan fingerprint density at radius 3 is 2.85 bits per heavy atom. The standard InChI is InChI=1S/C7H15N3O2S/c1-8-7(6-10(11)12)9-4-3-5-13-2/h6,8-9H,3-5H2,1-2H3/b7-6+. The monoisotopic (exact) mass is 205 g/mol. The van der Waals surface area contributed by atoms with Gasteiger partial charge in [0, 0.05) is 13.6 Å². The van der Waals surface area contributed by atoms with Gasteiger partial charge in [-0.05, 0) is 18.4 Å². The van der Waals surface area contributed by atoms with Gasteiger partial charge in [0.2, 0.25) is 0 Å². The highest BCUT2D eigenvalue weighted by molar-refractivity contribution is 7.98. The first-order valence-corrected chi connectivity index (χ1v) is 5.36. The third-order valence-electron chi connectivity index (χ3n) is 1.34. The molecule has 0 aliphatic rings. The van der Waals surface area contributed by atoms with E-state index in [2.05, 4.69) is 10.6 Å². The molecule has 0 aliphatic heterocycles. The van der Waals surface area contributed by atoms with Crippen LogP contribution in [0, 0.1) is 10.1 Å². The van der Waals surface area contributed by atoms with E-state index >= 15 is 0 Å². The SMILES string of the molecule is CN/C(=C\[N+](=O)[O-])NCCCSC. The van der Waals surface area contributed by atoms with Crippen molar-refractivity contribution in [2.45, 2.75) is 6.42 Å². The van der Waals surface area contributed by atoms with Crippen LogP contribution in [0.25, 0.3) is 0 Å². The zero-order chi connectivity index (χ0) is 10.1. The summed E-state index contributed by atoms with van der Waals surface area (Å²) in [6, 6.07) is 0. The summed E-state index contributed by atoms with van der Waals surface area (Å²) in [5.74, 6) is 1.51. The van der Waals surface area contributed by atoms with Crippen molar-refractivity contribution < 1.29 is 4.92 Å². The number of thioether (sulfide) groups is 1. The molecule has 0 fully saturated rings. The van der Waals surface area contributed by atoms with Crippen molar-refractivity contribution in [2.24, 2.45) is 0 Å². The van der Waals surface area contributed by atoms with Gasteiger partial charge < -0.3 is 10.6 Å². The molecule has 76 valence electrons. The second-order valence-electron chi connectivity index (χ2n) is 2.35. The maximum atomic E-state index is 10.1. The molecule has 0 aromatic heterocycles. The normalized spacial score (nSPS) is 11.1. The predicted octanol–water partition coefficient (Wildman–Crippen LogP) is 0.624. The first-order chi connectivity index (χ1) is 6.20. The first kappa shape index (κ1) is 12.1. The fourth-order valence-electron chi connectivity index (χ4n) is 0.744. The van der Waals surface area contributed by atoms with E-state index < -0.39 is 4.92 Å². The Labute approximate surface area is 82.1 Å². The van der Waals surface area contributed by atoms with Crippen LogP contribution in [0.3, 0.4) is 0 Å². The number of rotatable bonds is 7. The molecule has 0 aliphatic carbocycles. The lowest BCUT2D eigenvalue weighted by Gasteiger charge is -2.06. The zero-order valence-corrected chi connectivity index (χ0v) is 8.69. The second-order valence-corrected chi connectivity index (χ2v) is 3.34. The van der Waals surface area contributed by atoms with Crippen LogP contribution >= 0.6 is 11.8 Å². The van der Waals surface area contributed by atoms with E-state index in [-0.39, 0.29) is 0 Å². The van der Waals surface area contributed by atoms with Gasteiger partial charge in [-0.25, -0.2) is 0 Å². The van der Waals surface area contributed by atoms with Crippen LogP contribution in [0.2, 0.25) is 0 Å². The van der Waals surface area contributed by atoms with Crippen molar-refractivity contribution in [3.8, 4) is 0 Å². The van der Waals surface area contributed by atoms with Gasteiger partial charge in [0.15, 0.2) is 5.82 Å². The van der Waals surface area contributed by atoms with Crippen LogP contribution in [-0.2, 0) is 0 Å². The van der Waals surface area contributed by atoms with Gasteiger partial charge in [-0.3, -0.25) is 10.1 Å². The Bertz CT molecular complexity index is 185. The molecule has 0 amide bonds. The van der Waals surface area contributed by atoms with E-state index in [0.29, 0.717) is 5.82 Å². The van der Waals surface area contributed by atoms with Crippen LogP contribution in [0.15, 0.2) is 12.0 Å². The molecule has 6 heteroatoms. The third-order valence-corrected chi connectivity index (χ3v) is 2.04. The Hall–Kier alpha value is -0.910. The number of nitrogens with one attached hydrogen (secondary N) is 2. The largest absolute Gasteiger partial charge is 0.370 e. The average molecular weight is 205 g/mol. The van der Waals surface area contributed by atoms with Crippen molar-refractivity contribution in [3.63, 3.8) is 0 Å². The van der Waals surface area contributed by atoms with Gasteiger partial charge in [0.1, 0.15) is 0 Å². The summed E-state index contributed by atoms with van der Waals surface area (Å²) >= 11 is 1.76. The van der Waals surface area contributed by atoms with Gasteiger partial charge in [0.05, 0.1) is 4.92 Å². The highest BCUT2D eigenvalue weighted by Crippen LogP contribution is 1.94. The van der Waals surface area contributed by atoms with Crippen molar-refractivity contribution in [2.75, 3.05) is 25.6 Å². The Morgan fingerprint density at radius 2 is 2.38 bits per heavy atom. The third kappa shape index (κ3) is 7.45. The van der Waals surface area contributed by atoms with Gasteiger partial charge >= 0.3 is 0 Å². The summed E-state index contributed by atoms with van der Waals surface area (Å²) in [4.78, 5) is 9.62. The van der Waals surface area contributed by atoms with Crippen LogP contribution < -0.4 is 10.6 Å². The molecule has 0 heterocycles. The van der Waals surface area contributed by atoms with Crippen LogP contribution in [-0.4, -0.2) is 30.5 Å². The smallest absolute Gasteiger partial charge is 0.274 e. The van der Waals surface area contributed by atoms with Crippen LogP contribution in [0.5, 0.6) is 0 Å². The highest BCUT2D eigenvalue weighted by atomic mass is 32.2. The molecule has 0 aromatic carbocycles. The summed E-state index contributed by atoms with van der Waals surface area (Å²) in [5, 5.41) is 15.7. The van der Waals surface area contributed by atoms with E-state index in [1.165, 1.54) is 0 Å². The zero-order valence-electron chi connectivity index (χ0n) is 7.87. The maximum absolute atomic E-state index is 10.1. The minimum absolute atomic E-state index is 0.450. The molecule has 0 spiro atoms. The fourth-order valence-corrected chi connectivity index (χ4v) is 1.18. The number of hydrogen-bond acceptors (Lipinski definition) is 5. The molecule has 0 aromatic rings. The first-order valence-electron chi connectivity index (χ1n) is 3.96. The van der Waals surface area contributed by atoms with Crippen LogP contribution in [0.4, 0.5) is 0 Å². The Morgan fingerprint density at radius 1 is 1.69 bits per heavy atom.